The Balaban J connectivity index is 4.42. The summed E-state index contributed by atoms with van der Waals surface area (Å²) >= 11 is 0. The van der Waals surface area contributed by atoms with Crippen LogP contribution in [0.2, 0.25) is 0 Å². The molecule has 0 bridgehead atoms. The van der Waals surface area contributed by atoms with Crippen molar-refractivity contribution < 1.29 is 23.1 Å². The fourth-order valence-corrected chi connectivity index (χ4v) is 3.18. The van der Waals surface area contributed by atoms with Gasteiger partial charge in [0.1, 0.15) is 0 Å². The second kappa shape index (κ2) is 7.70. The first kappa shape index (κ1) is 17.3. The van der Waals surface area contributed by atoms with Crippen LogP contribution in [-0.2, 0) is 19.6 Å². The molecular weight excluding hydrogens is 258 g/mol. The first-order chi connectivity index (χ1) is 8.34. The molecule has 108 valence electrons. The normalized spacial score (nSPS) is 12.4. The third kappa shape index (κ3) is 5.79. The number of aliphatic hydroxyl groups is 1. The van der Waals surface area contributed by atoms with Gasteiger partial charge in [0.05, 0.1) is 25.0 Å². The predicted molar refractivity (Wildman–Crippen MR) is 68.6 cm³/mol. The number of carbonyl (C=O) groups is 1. The fourth-order valence-electron chi connectivity index (χ4n) is 1.54. The molecule has 0 rings (SSSR count). The van der Waals surface area contributed by atoms with E-state index >= 15 is 0 Å². The Morgan fingerprint density at radius 3 is 2.28 bits per heavy atom. The van der Waals surface area contributed by atoms with Gasteiger partial charge < -0.3 is 9.84 Å². The van der Waals surface area contributed by atoms with Crippen molar-refractivity contribution >= 4 is 16.0 Å². The third-order valence-corrected chi connectivity index (χ3v) is 4.62. The summed E-state index contributed by atoms with van der Waals surface area (Å²) in [6.45, 7) is 3.39. The molecule has 0 saturated heterocycles. The molecule has 0 amide bonds. The molecule has 0 aromatic heterocycles. The molecule has 0 unspecified atom stereocenters. The largest absolute Gasteiger partial charge is 0.469 e. The van der Waals surface area contributed by atoms with Gasteiger partial charge in [-0.2, -0.15) is 0 Å². The van der Waals surface area contributed by atoms with Crippen molar-refractivity contribution in [2.45, 2.75) is 45.1 Å². The summed E-state index contributed by atoms with van der Waals surface area (Å²) in [4.78, 5) is 10.9. The molecule has 18 heavy (non-hydrogen) atoms. The Kier molecular flexibility index (Phi) is 7.42. The van der Waals surface area contributed by atoms with Crippen molar-refractivity contribution in [3.63, 3.8) is 0 Å². The molecule has 0 atom stereocenters. The molecule has 2 N–H and O–H groups in total. The highest BCUT2D eigenvalue weighted by Crippen LogP contribution is 2.16. The number of rotatable bonds is 9. The van der Waals surface area contributed by atoms with Crippen molar-refractivity contribution in [2.24, 2.45) is 0 Å². The number of carbonyl (C=O) groups excluding carboxylic acids is 1. The minimum Gasteiger partial charge on any atom is -0.469 e. The van der Waals surface area contributed by atoms with Crippen molar-refractivity contribution in [1.82, 2.24) is 4.72 Å². The Morgan fingerprint density at radius 1 is 1.33 bits per heavy atom. The molecule has 0 heterocycles. The molecule has 0 spiro atoms. The molecule has 0 fully saturated rings. The topological polar surface area (TPSA) is 92.7 Å². The van der Waals surface area contributed by atoms with E-state index in [9.17, 15) is 18.3 Å². The Labute approximate surface area is 109 Å². The lowest BCUT2D eigenvalue weighted by atomic mass is 9.96. The standard InChI is InChI=1S/C11H23NO5S/c1-4-11(5-2,9-13)12-18(15,16)8-6-7-10(14)17-3/h12-13H,4-9H2,1-3H3. The maximum atomic E-state index is 11.8. The van der Waals surface area contributed by atoms with E-state index in [1.54, 1.807) is 0 Å². The highest BCUT2D eigenvalue weighted by atomic mass is 32.2. The second-order valence-corrected chi connectivity index (χ2v) is 6.09. The average Bonchev–Trinajstić information content (AvgIpc) is 2.35. The van der Waals surface area contributed by atoms with Crippen LogP contribution in [0.15, 0.2) is 0 Å². The minimum absolute atomic E-state index is 0.0712. The molecule has 0 aliphatic carbocycles. The lowest BCUT2D eigenvalue weighted by Gasteiger charge is -2.30. The second-order valence-electron chi connectivity index (χ2n) is 4.25. The molecule has 6 nitrogen and oxygen atoms in total. The highest BCUT2D eigenvalue weighted by Gasteiger charge is 2.30. The number of esters is 1. The molecule has 7 heteroatoms. The zero-order valence-corrected chi connectivity index (χ0v) is 12.0. The molecule has 0 aromatic rings. The highest BCUT2D eigenvalue weighted by molar-refractivity contribution is 7.89. The van der Waals surface area contributed by atoms with Crippen molar-refractivity contribution in [1.29, 1.82) is 0 Å². The predicted octanol–water partition coefficient (Wildman–Crippen LogP) is 0.410. The van der Waals surface area contributed by atoms with Crippen LogP contribution in [0.25, 0.3) is 0 Å². The summed E-state index contributed by atoms with van der Waals surface area (Å²) in [6, 6.07) is 0. The molecule has 0 aromatic carbocycles. The van der Waals surface area contributed by atoms with Gasteiger partial charge in [0.25, 0.3) is 0 Å². The van der Waals surface area contributed by atoms with E-state index in [0.717, 1.165) is 0 Å². The van der Waals surface area contributed by atoms with Gasteiger partial charge in [-0.1, -0.05) is 13.8 Å². The van der Waals surface area contributed by atoms with E-state index in [1.165, 1.54) is 7.11 Å². The van der Waals surface area contributed by atoms with Crippen LogP contribution in [0, 0.1) is 0 Å². The number of hydrogen-bond donors (Lipinski definition) is 2. The van der Waals surface area contributed by atoms with Gasteiger partial charge >= 0.3 is 5.97 Å². The van der Waals surface area contributed by atoms with Gasteiger partial charge in [-0.05, 0) is 19.3 Å². The SMILES string of the molecule is CCC(CC)(CO)NS(=O)(=O)CCCC(=O)OC. The van der Waals surface area contributed by atoms with Crippen LogP contribution < -0.4 is 4.72 Å². The van der Waals surface area contributed by atoms with Gasteiger partial charge in [-0.3, -0.25) is 4.79 Å². The molecule has 0 saturated carbocycles. The lowest BCUT2D eigenvalue weighted by Crippen LogP contribution is -2.51. The van der Waals surface area contributed by atoms with Gasteiger partial charge in [-0.15, -0.1) is 0 Å². The average molecular weight is 281 g/mol. The Morgan fingerprint density at radius 2 is 1.89 bits per heavy atom. The van der Waals surface area contributed by atoms with Crippen LogP contribution in [-0.4, -0.2) is 44.5 Å². The van der Waals surface area contributed by atoms with Gasteiger partial charge in [0.15, 0.2) is 0 Å². The van der Waals surface area contributed by atoms with Crippen LogP contribution in [0.4, 0.5) is 0 Å². The van der Waals surface area contributed by atoms with Crippen molar-refractivity contribution in [2.75, 3.05) is 19.5 Å². The maximum absolute atomic E-state index is 11.8. The van der Waals surface area contributed by atoms with E-state index in [2.05, 4.69) is 9.46 Å². The van der Waals surface area contributed by atoms with E-state index in [-0.39, 0.29) is 25.2 Å². The van der Waals surface area contributed by atoms with Crippen molar-refractivity contribution in [3.8, 4) is 0 Å². The van der Waals surface area contributed by atoms with Crippen LogP contribution >= 0.6 is 0 Å². The minimum atomic E-state index is -3.50. The summed E-state index contributed by atoms with van der Waals surface area (Å²) in [5, 5.41) is 9.29. The zero-order chi connectivity index (χ0) is 14.2. The van der Waals surface area contributed by atoms with Gasteiger partial charge in [-0.25, -0.2) is 13.1 Å². The zero-order valence-electron chi connectivity index (χ0n) is 11.2. The quantitative estimate of drug-likeness (QED) is 0.597. The van der Waals surface area contributed by atoms with Crippen molar-refractivity contribution in [3.05, 3.63) is 0 Å². The fraction of sp³-hybridized carbons (Fsp3) is 0.909. The Hall–Kier alpha value is -0.660. The monoisotopic (exact) mass is 281 g/mol. The molecule has 0 radical (unpaired) electrons. The summed E-state index contributed by atoms with van der Waals surface area (Å²) < 4.78 is 30.6. The lowest BCUT2D eigenvalue weighted by molar-refractivity contribution is -0.140. The first-order valence-electron chi connectivity index (χ1n) is 6.04. The van der Waals surface area contributed by atoms with E-state index in [4.69, 9.17) is 0 Å². The molecular formula is C11H23NO5S. The number of hydrogen-bond acceptors (Lipinski definition) is 5. The number of methoxy groups -OCH3 is 1. The van der Waals surface area contributed by atoms with Crippen LogP contribution in [0.1, 0.15) is 39.5 Å². The maximum Gasteiger partial charge on any atom is 0.305 e. The number of nitrogens with one attached hydrogen (secondary N) is 1. The van der Waals surface area contributed by atoms with E-state index in [0.29, 0.717) is 12.8 Å². The molecule has 0 aliphatic rings. The van der Waals surface area contributed by atoms with Gasteiger partial charge in [0, 0.05) is 6.42 Å². The summed E-state index contributed by atoms with van der Waals surface area (Å²) in [7, 11) is -2.23. The Bertz CT molecular complexity index is 340. The van der Waals surface area contributed by atoms with Crippen LogP contribution in [0.3, 0.4) is 0 Å². The van der Waals surface area contributed by atoms with Gasteiger partial charge in [0.2, 0.25) is 10.0 Å². The number of ether oxygens (including phenoxy) is 1. The van der Waals surface area contributed by atoms with E-state index < -0.39 is 21.5 Å². The summed E-state index contributed by atoms with van der Waals surface area (Å²) in [5.41, 5.74) is -0.801. The first-order valence-corrected chi connectivity index (χ1v) is 7.69. The summed E-state index contributed by atoms with van der Waals surface area (Å²) in [5.74, 6) is -0.575. The summed E-state index contributed by atoms with van der Waals surface area (Å²) in [6.07, 6.45) is 1.30. The molecule has 0 aliphatic heterocycles. The third-order valence-electron chi connectivity index (χ3n) is 3.05. The number of sulfonamides is 1. The van der Waals surface area contributed by atoms with E-state index in [1.807, 2.05) is 13.8 Å². The number of aliphatic hydroxyl groups excluding tert-OH is 1. The smallest absolute Gasteiger partial charge is 0.305 e. The van der Waals surface area contributed by atoms with Crippen LogP contribution in [0.5, 0.6) is 0 Å².